The van der Waals surface area contributed by atoms with Gasteiger partial charge in [-0.1, -0.05) is 24.3 Å². The molecule has 29 heavy (non-hydrogen) atoms. The minimum atomic E-state index is -0.0275. The van der Waals surface area contributed by atoms with E-state index in [2.05, 4.69) is 32.4 Å². The van der Waals surface area contributed by atoms with Crippen LogP contribution in [0.1, 0.15) is 17.0 Å². The number of aryl methyl sites for hydroxylation is 2. The van der Waals surface area contributed by atoms with Crippen molar-refractivity contribution in [3.63, 3.8) is 0 Å². The van der Waals surface area contributed by atoms with Gasteiger partial charge in [0.05, 0.1) is 5.69 Å². The molecule has 150 valence electrons. The normalized spacial score (nSPS) is 14.1. The first-order chi connectivity index (χ1) is 14.1. The second-order valence-corrected chi connectivity index (χ2v) is 7.33. The van der Waals surface area contributed by atoms with E-state index in [9.17, 15) is 4.79 Å². The first-order valence-electron chi connectivity index (χ1n) is 9.91. The SMILES string of the molecule is Cc1cc(C)n(-c2ccc(CNC(=O)N3CCN(c4ccccc4)CC3)cn2)n1. The second-order valence-electron chi connectivity index (χ2n) is 7.33. The van der Waals surface area contributed by atoms with E-state index in [4.69, 9.17) is 0 Å². The molecule has 0 unspecified atom stereocenters. The molecule has 0 saturated carbocycles. The number of rotatable bonds is 4. The quantitative estimate of drug-likeness (QED) is 0.744. The van der Waals surface area contributed by atoms with Gasteiger partial charge in [0.2, 0.25) is 0 Å². The average Bonchev–Trinajstić information content (AvgIpc) is 3.11. The molecule has 0 radical (unpaired) electrons. The van der Waals surface area contributed by atoms with Crippen molar-refractivity contribution < 1.29 is 4.79 Å². The van der Waals surface area contributed by atoms with Crippen LogP contribution in [0.2, 0.25) is 0 Å². The van der Waals surface area contributed by atoms with Crippen LogP contribution >= 0.6 is 0 Å². The maximum absolute atomic E-state index is 12.5. The summed E-state index contributed by atoms with van der Waals surface area (Å²) in [5.74, 6) is 0.780. The van der Waals surface area contributed by atoms with E-state index in [1.807, 2.05) is 59.8 Å². The standard InChI is InChI=1S/C22H26N6O/c1-17-14-18(2)28(25-17)21-9-8-19(15-23-21)16-24-22(29)27-12-10-26(11-13-27)20-6-4-3-5-7-20/h3-9,14-15H,10-13,16H2,1-2H3,(H,24,29). The Morgan fingerprint density at radius 3 is 2.41 bits per heavy atom. The highest BCUT2D eigenvalue weighted by Gasteiger charge is 2.21. The molecule has 0 aliphatic carbocycles. The predicted molar refractivity (Wildman–Crippen MR) is 113 cm³/mol. The molecule has 3 aromatic rings. The number of urea groups is 1. The maximum atomic E-state index is 12.5. The van der Waals surface area contributed by atoms with Crippen molar-refractivity contribution in [2.24, 2.45) is 0 Å². The molecule has 2 amide bonds. The van der Waals surface area contributed by atoms with Gasteiger partial charge in [-0.15, -0.1) is 0 Å². The highest BCUT2D eigenvalue weighted by atomic mass is 16.2. The molecule has 0 bridgehead atoms. The highest BCUT2D eigenvalue weighted by molar-refractivity contribution is 5.74. The van der Waals surface area contributed by atoms with Crippen LogP contribution in [0.4, 0.5) is 10.5 Å². The Morgan fingerprint density at radius 2 is 1.79 bits per heavy atom. The maximum Gasteiger partial charge on any atom is 0.317 e. The van der Waals surface area contributed by atoms with Gasteiger partial charge >= 0.3 is 6.03 Å². The lowest BCUT2D eigenvalue weighted by Crippen LogP contribution is -2.51. The van der Waals surface area contributed by atoms with Crippen molar-refractivity contribution in [3.05, 3.63) is 71.7 Å². The van der Waals surface area contributed by atoms with Crippen molar-refractivity contribution in [1.29, 1.82) is 0 Å². The number of nitrogens with one attached hydrogen (secondary N) is 1. The highest BCUT2D eigenvalue weighted by Crippen LogP contribution is 2.15. The number of benzene rings is 1. The number of carbonyl (C=O) groups is 1. The fraction of sp³-hybridized carbons (Fsp3) is 0.318. The third-order valence-electron chi connectivity index (χ3n) is 5.17. The molecular weight excluding hydrogens is 364 g/mol. The average molecular weight is 390 g/mol. The van der Waals surface area contributed by atoms with E-state index >= 15 is 0 Å². The summed E-state index contributed by atoms with van der Waals surface area (Å²) in [5.41, 5.74) is 4.19. The van der Waals surface area contributed by atoms with Gasteiger partial charge in [0.1, 0.15) is 0 Å². The number of amides is 2. The lowest BCUT2D eigenvalue weighted by Gasteiger charge is -2.36. The Kier molecular flexibility index (Phi) is 5.46. The van der Waals surface area contributed by atoms with Gasteiger partial charge in [0.25, 0.3) is 0 Å². The zero-order valence-electron chi connectivity index (χ0n) is 16.9. The lowest BCUT2D eigenvalue weighted by molar-refractivity contribution is 0.194. The summed E-state index contributed by atoms with van der Waals surface area (Å²) in [6.07, 6.45) is 1.79. The first kappa shape index (κ1) is 19.0. The molecule has 7 heteroatoms. The van der Waals surface area contributed by atoms with Gasteiger partial charge in [-0.05, 0) is 43.7 Å². The number of hydrogen-bond acceptors (Lipinski definition) is 4. The Hall–Kier alpha value is -3.35. The molecule has 7 nitrogen and oxygen atoms in total. The molecule has 1 saturated heterocycles. The molecule has 3 heterocycles. The van der Waals surface area contributed by atoms with Gasteiger partial charge in [-0.2, -0.15) is 5.10 Å². The zero-order valence-corrected chi connectivity index (χ0v) is 16.9. The van der Waals surface area contributed by atoms with E-state index in [-0.39, 0.29) is 6.03 Å². The van der Waals surface area contributed by atoms with Crippen LogP contribution in [0.25, 0.3) is 5.82 Å². The van der Waals surface area contributed by atoms with Crippen LogP contribution in [0.15, 0.2) is 54.7 Å². The molecule has 1 aliphatic rings. The monoisotopic (exact) mass is 390 g/mol. The molecule has 1 aromatic carbocycles. The fourth-order valence-corrected chi connectivity index (χ4v) is 3.60. The first-order valence-corrected chi connectivity index (χ1v) is 9.91. The van der Waals surface area contributed by atoms with E-state index in [1.54, 1.807) is 6.20 Å². The Balaban J connectivity index is 1.28. The number of para-hydroxylation sites is 1. The summed E-state index contributed by atoms with van der Waals surface area (Å²) < 4.78 is 1.82. The molecule has 1 aliphatic heterocycles. The van der Waals surface area contributed by atoms with Gasteiger partial charge in [0.15, 0.2) is 5.82 Å². The van der Waals surface area contributed by atoms with Crippen LogP contribution < -0.4 is 10.2 Å². The minimum Gasteiger partial charge on any atom is -0.368 e. The number of aromatic nitrogens is 3. The van der Waals surface area contributed by atoms with Crippen molar-refractivity contribution in [2.45, 2.75) is 20.4 Å². The van der Waals surface area contributed by atoms with Crippen molar-refractivity contribution in [2.75, 3.05) is 31.1 Å². The number of hydrogen-bond donors (Lipinski definition) is 1. The Morgan fingerprint density at radius 1 is 1.03 bits per heavy atom. The zero-order chi connectivity index (χ0) is 20.2. The molecule has 0 spiro atoms. The summed E-state index contributed by atoms with van der Waals surface area (Å²) >= 11 is 0. The molecule has 1 N–H and O–H groups in total. The third-order valence-corrected chi connectivity index (χ3v) is 5.17. The van der Waals surface area contributed by atoms with Crippen LogP contribution in [0.3, 0.4) is 0 Å². The van der Waals surface area contributed by atoms with Crippen LogP contribution in [0, 0.1) is 13.8 Å². The summed E-state index contributed by atoms with van der Waals surface area (Å²) in [6.45, 7) is 7.56. The van der Waals surface area contributed by atoms with Crippen LogP contribution in [-0.2, 0) is 6.54 Å². The molecule has 1 fully saturated rings. The van der Waals surface area contributed by atoms with Gasteiger partial charge < -0.3 is 15.1 Å². The molecule has 0 atom stereocenters. The summed E-state index contributed by atoms with van der Waals surface area (Å²) in [4.78, 5) is 21.2. The lowest BCUT2D eigenvalue weighted by atomic mass is 10.2. The van der Waals surface area contributed by atoms with E-state index < -0.39 is 0 Å². The summed E-state index contributed by atoms with van der Waals surface area (Å²) in [6, 6.07) is 16.2. The largest absolute Gasteiger partial charge is 0.368 e. The topological polar surface area (TPSA) is 66.3 Å². The van der Waals surface area contributed by atoms with Gasteiger partial charge in [-0.3, -0.25) is 0 Å². The second kappa shape index (κ2) is 8.34. The summed E-state index contributed by atoms with van der Waals surface area (Å²) in [7, 11) is 0. The van der Waals surface area contributed by atoms with Crippen LogP contribution in [-0.4, -0.2) is 51.9 Å². The van der Waals surface area contributed by atoms with E-state index in [1.165, 1.54) is 5.69 Å². The van der Waals surface area contributed by atoms with Gasteiger partial charge in [-0.25, -0.2) is 14.5 Å². The van der Waals surface area contributed by atoms with Crippen molar-refractivity contribution in [1.82, 2.24) is 25.0 Å². The number of anilines is 1. The van der Waals surface area contributed by atoms with Crippen LogP contribution in [0.5, 0.6) is 0 Å². The summed E-state index contributed by atoms with van der Waals surface area (Å²) in [5, 5.41) is 7.45. The third kappa shape index (κ3) is 4.39. The molecular formula is C22H26N6O. The predicted octanol–water partition coefficient (Wildman–Crippen LogP) is 2.92. The number of pyridine rings is 1. The Bertz CT molecular complexity index is 959. The van der Waals surface area contributed by atoms with E-state index in [0.717, 1.165) is 48.9 Å². The van der Waals surface area contributed by atoms with Gasteiger partial charge in [0, 0.05) is 50.3 Å². The fourth-order valence-electron chi connectivity index (χ4n) is 3.60. The molecule has 4 rings (SSSR count). The number of carbonyl (C=O) groups excluding carboxylic acids is 1. The smallest absolute Gasteiger partial charge is 0.317 e. The number of piperazine rings is 1. The van der Waals surface area contributed by atoms with E-state index in [0.29, 0.717) is 6.54 Å². The minimum absolute atomic E-state index is 0.0275. The van der Waals surface area contributed by atoms with Crippen molar-refractivity contribution in [3.8, 4) is 5.82 Å². The van der Waals surface area contributed by atoms with Crippen molar-refractivity contribution >= 4 is 11.7 Å². The molecule has 2 aromatic heterocycles. The number of nitrogens with zero attached hydrogens (tertiary/aromatic N) is 5. The Labute approximate surface area is 171 Å².